The highest BCUT2D eigenvalue weighted by atomic mass is 16.6. The van der Waals surface area contributed by atoms with E-state index in [1.165, 1.54) is 0 Å². The third-order valence-electron chi connectivity index (χ3n) is 2.42. The number of nitrogens with one attached hydrogen (secondary N) is 1. The lowest BCUT2D eigenvalue weighted by Gasteiger charge is -2.28. The van der Waals surface area contributed by atoms with Crippen molar-refractivity contribution in [1.29, 1.82) is 0 Å². The number of alkyl carbamates (subject to hydrolysis) is 1. The van der Waals surface area contributed by atoms with Crippen molar-refractivity contribution >= 4 is 6.09 Å². The van der Waals surface area contributed by atoms with Gasteiger partial charge < -0.3 is 10.1 Å². The molecule has 0 aromatic heterocycles. The first-order valence-corrected chi connectivity index (χ1v) is 4.66. The van der Waals surface area contributed by atoms with Crippen LogP contribution in [-0.4, -0.2) is 29.7 Å². The standard InChI is InChI=1S/C8H14N2O4/c1-2-3-4-8(10(12)13)5-9-7(11)14-6-8/h2-6H2,1H3,(H,9,11). The molecule has 0 aliphatic carbocycles. The number of ether oxygens (including phenoxy) is 1. The van der Waals surface area contributed by atoms with Gasteiger partial charge in [0.1, 0.15) is 0 Å². The van der Waals surface area contributed by atoms with Gasteiger partial charge in [0.25, 0.3) is 5.54 Å². The molecule has 0 saturated carbocycles. The summed E-state index contributed by atoms with van der Waals surface area (Å²) in [5, 5.41) is 13.2. The number of carbonyl (C=O) groups excluding carboxylic acids is 1. The van der Waals surface area contributed by atoms with Crippen LogP contribution in [0.15, 0.2) is 0 Å². The molecule has 14 heavy (non-hydrogen) atoms. The molecule has 0 radical (unpaired) electrons. The highest BCUT2D eigenvalue weighted by Gasteiger charge is 2.46. The zero-order chi connectivity index (χ0) is 10.6. The number of hydrogen-bond donors (Lipinski definition) is 1. The minimum atomic E-state index is -1.12. The molecule has 1 aliphatic heterocycles. The van der Waals surface area contributed by atoms with Gasteiger partial charge in [-0.25, -0.2) is 4.79 Å². The minimum absolute atomic E-state index is 0.0683. The van der Waals surface area contributed by atoms with Crippen molar-refractivity contribution in [2.45, 2.75) is 31.7 Å². The summed E-state index contributed by atoms with van der Waals surface area (Å²) in [5.41, 5.74) is -1.12. The summed E-state index contributed by atoms with van der Waals surface area (Å²) in [6.45, 7) is 1.92. The van der Waals surface area contributed by atoms with Gasteiger partial charge in [0.15, 0.2) is 6.61 Å². The normalized spacial score (nSPS) is 26.5. The monoisotopic (exact) mass is 202 g/mol. The Labute approximate surface area is 81.8 Å². The van der Waals surface area contributed by atoms with Crippen molar-refractivity contribution in [1.82, 2.24) is 5.32 Å². The molecule has 80 valence electrons. The molecule has 6 nitrogen and oxygen atoms in total. The Morgan fingerprint density at radius 1 is 1.71 bits per heavy atom. The summed E-state index contributed by atoms with van der Waals surface area (Å²) in [6.07, 6.45) is 1.53. The average molecular weight is 202 g/mol. The van der Waals surface area contributed by atoms with Crippen LogP contribution in [0.25, 0.3) is 0 Å². The maximum atomic E-state index is 10.9. The summed E-state index contributed by atoms with van der Waals surface area (Å²) in [4.78, 5) is 21.2. The second-order valence-corrected chi connectivity index (χ2v) is 3.51. The van der Waals surface area contributed by atoms with E-state index in [0.717, 1.165) is 12.8 Å². The number of cyclic esters (lactones) is 1. The van der Waals surface area contributed by atoms with Gasteiger partial charge in [0.2, 0.25) is 0 Å². The van der Waals surface area contributed by atoms with Crippen LogP contribution in [0, 0.1) is 10.1 Å². The Morgan fingerprint density at radius 2 is 2.43 bits per heavy atom. The molecule has 6 heteroatoms. The summed E-state index contributed by atoms with van der Waals surface area (Å²) >= 11 is 0. The number of hydrogen-bond acceptors (Lipinski definition) is 4. The zero-order valence-electron chi connectivity index (χ0n) is 8.12. The van der Waals surface area contributed by atoms with Crippen LogP contribution in [-0.2, 0) is 4.74 Å². The van der Waals surface area contributed by atoms with E-state index in [1.807, 2.05) is 6.92 Å². The zero-order valence-corrected chi connectivity index (χ0v) is 8.12. The number of unbranched alkanes of at least 4 members (excludes halogenated alkanes) is 1. The molecule has 0 aromatic rings. The summed E-state index contributed by atoms with van der Waals surface area (Å²) in [6, 6.07) is 0. The number of nitrogens with zero attached hydrogens (tertiary/aromatic N) is 1. The predicted molar refractivity (Wildman–Crippen MR) is 48.6 cm³/mol. The molecule has 0 bridgehead atoms. The first kappa shape index (κ1) is 10.7. The molecule has 0 spiro atoms. The van der Waals surface area contributed by atoms with E-state index in [1.54, 1.807) is 0 Å². The Hall–Kier alpha value is -1.33. The van der Waals surface area contributed by atoms with E-state index in [-0.39, 0.29) is 18.1 Å². The molecule has 1 atom stereocenters. The van der Waals surface area contributed by atoms with Gasteiger partial charge in [0, 0.05) is 11.3 Å². The fraction of sp³-hybridized carbons (Fsp3) is 0.875. The first-order chi connectivity index (χ1) is 6.60. The molecular formula is C8H14N2O4. The third-order valence-corrected chi connectivity index (χ3v) is 2.42. The molecule has 1 saturated heterocycles. The highest BCUT2D eigenvalue weighted by molar-refractivity contribution is 5.68. The molecular weight excluding hydrogens is 188 g/mol. The van der Waals surface area contributed by atoms with E-state index in [0.29, 0.717) is 6.42 Å². The van der Waals surface area contributed by atoms with Crippen molar-refractivity contribution in [3.8, 4) is 0 Å². The van der Waals surface area contributed by atoms with Crippen molar-refractivity contribution in [3.63, 3.8) is 0 Å². The third kappa shape index (κ3) is 2.12. The lowest BCUT2D eigenvalue weighted by atomic mass is 9.93. The smallest absolute Gasteiger partial charge is 0.407 e. The lowest BCUT2D eigenvalue weighted by molar-refractivity contribution is -0.574. The van der Waals surface area contributed by atoms with E-state index in [2.05, 4.69) is 10.1 Å². The Bertz CT molecular complexity index is 231. The average Bonchev–Trinajstić information content (AvgIpc) is 2.17. The van der Waals surface area contributed by atoms with E-state index in [9.17, 15) is 14.9 Å². The fourth-order valence-electron chi connectivity index (χ4n) is 1.41. The molecule has 1 fully saturated rings. The Kier molecular flexibility index (Phi) is 3.27. The molecule has 1 unspecified atom stereocenters. The Balaban J connectivity index is 2.63. The topological polar surface area (TPSA) is 81.5 Å². The second-order valence-electron chi connectivity index (χ2n) is 3.51. The van der Waals surface area contributed by atoms with Crippen LogP contribution in [0.3, 0.4) is 0 Å². The first-order valence-electron chi connectivity index (χ1n) is 4.66. The van der Waals surface area contributed by atoms with Crippen LogP contribution in [0.5, 0.6) is 0 Å². The Morgan fingerprint density at radius 3 is 2.86 bits per heavy atom. The van der Waals surface area contributed by atoms with Gasteiger partial charge in [-0.3, -0.25) is 10.1 Å². The number of amides is 1. The molecule has 0 aromatic carbocycles. The largest absolute Gasteiger partial charge is 0.442 e. The van der Waals surface area contributed by atoms with Crippen LogP contribution >= 0.6 is 0 Å². The fourth-order valence-corrected chi connectivity index (χ4v) is 1.41. The van der Waals surface area contributed by atoms with Gasteiger partial charge in [-0.2, -0.15) is 0 Å². The van der Waals surface area contributed by atoms with Crippen molar-refractivity contribution in [2.75, 3.05) is 13.2 Å². The van der Waals surface area contributed by atoms with Crippen LogP contribution < -0.4 is 5.32 Å². The second kappa shape index (κ2) is 4.26. The van der Waals surface area contributed by atoms with Gasteiger partial charge in [0.05, 0.1) is 6.54 Å². The summed E-state index contributed by atoms with van der Waals surface area (Å²) < 4.78 is 4.66. The summed E-state index contributed by atoms with van der Waals surface area (Å²) in [5.74, 6) is 0. The molecule has 1 amide bonds. The summed E-state index contributed by atoms with van der Waals surface area (Å²) in [7, 11) is 0. The molecule has 1 heterocycles. The van der Waals surface area contributed by atoms with Gasteiger partial charge in [-0.15, -0.1) is 0 Å². The molecule has 1 N–H and O–H groups in total. The maximum absolute atomic E-state index is 10.9. The maximum Gasteiger partial charge on any atom is 0.407 e. The lowest BCUT2D eigenvalue weighted by Crippen LogP contribution is -2.57. The van der Waals surface area contributed by atoms with E-state index >= 15 is 0 Å². The van der Waals surface area contributed by atoms with Crippen LogP contribution in [0.1, 0.15) is 26.2 Å². The van der Waals surface area contributed by atoms with Crippen molar-refractivity contribution in [2.24, 2.45) is 0 Å². The van der Waals surface area contributed by atoms with Gasteiger partial charge >= 0.3 is 6.09 Å². The van der Waals surface area contributed by atoms with Crippen LogP contribution in [0.2, 0.25) is 0 Å². The van der Waals surface area contributed by atoms with Crippen molar-refractivity contribution < 1.29 is 14.5 Å². The van der Waals surface area contributed by atoms with E-state index < -0.39 is 11.6 Å². The molecule has 1 rings (SSSR count). The van der Waals surface area contributed by atoms with Crippen molar-refractivity contribution in [3.05, 3.63) is 10.1 Å². The number of nitro groups is 1. The predicted octanol–water partition coefficient (Wildman–Crippen LogP) is 0.932. The number of rotatable bonds is 4. The number of carbonyl (C=O) groups is 1. The molecule has 1 aliphatic rings. The van der Waals surface area contributed by atoms with Gasteiger partial charge in [-0.05, 0) is 6.42 Å². The minimum Gasteiger partial charge on any atom is -0.442 e. The van der Waals surface area contributed by atoms with Crippen LogP contribution in [0.4, 0.5) is 4.79 Å². The van der Waals surface area contributed by atoms with Gasteiger partial charge in [-0.1, -0.05) is 13.3 Å². The highest BCUT2D eigenvalue weighted by Crippen LogP contribution is 2.21. The quantitative estimate of drug-likeness (QED) is 0.543. The van der Waals surface area contributed by atoms with E-state index in [4.69, 9.17) is 0 Å². The SMILES string of the molecule is CCCCC1([N+](=O)[O-])CNC(=O)OC1.